The van der Waals surface area contributed by atoms with Gasteiger partial charge in [-0.3, -0.25) is 4.79 Å². The predicted octanol–water partition coefficient (Wildman–Crippen LogP) is 3.29. The Morgan fingerprint density at radius 1 is 1.08 bits per heavy atom. The van der Waals surface area contributed by atoms with Gasteiger partial charge in [0.2, 0.25) is 0 Å². The molecule has 1 aliphatic carbocycles. The highest BCUT2D eigenvalue weighted by Crippen LogP contribution is 2.30. The number of nitrogens with zero attached hydrogens (tertiary/aromatic N) is 1. The van der Waals surface area contributed by atoms with Crippen LogP contribution in [0.15, 0.2) is 48.5 Å². The quantitative estimate of drug-likeness (QED) is 0.886. The van der Waals surface area contributed by atoms with Gasteiger partial charge in [-0.2, -0.15) is 0 Å². The van der Waals surface area contributed by atoms with Crippen LogP contribution in [0.4, 0.5) is 10.5 Å². The summed E-state index contributed by atoms with van der Waals surface area (Å²) in [5.74, 6) is 0.0173. The van der Waals surface area contributed by atoms with Crippen molar-refractivity contribution in [1.82, 2.24) is 4.90 Å². The van der Waals surface area contributed by atoms with Gasteiger partial charge in [-0.15, -0.1) is 0 Å². The van der Waals surface area contributed by atoms with E-state index in [9.17, 15) is 9.59 Å². The third-order valence-corrected chi connectivity index (χ3v) is 4.12. The number of hydrogen-bond donors (Lipinski definition) is 2. The van der Waals surface area contributed by atoms with Gasteiger partial charge in [0.25, 0.3) is 5.91 Å². The van der Waals surface area contributed by atoms with E-state index in [1.807, 2.05) is 4.90 Å². The number of nitrogens with one attached hydrogen (secondary N) is 1. The third kappa shape index (κ3) is 3.93. The average molecular weight is 323 g/mol. The van der Waals surface area contributed by atoms with Crippen LogP contribution in [0.2, 0.25) is 0 Å². The monoisotopic (exact) mass is 323 g/mol. The highest BCUT2D eigenvalue weighted by molar-refractivity contribution is 5.95. The number of urea groups is 1. The standard InChI is InChI=1S/C19H21N3O2/c1-13-2-4-14(5-3-13)12-22(17-10-11-17)18(23)15-6-8-16(9-7-15)21-19(20)24/h2-9,17H,10-12H2,1H3,(H3,20,21,24). The maximum absolute atomic E-state index is 12.8. The zero-order valence-electron chi connectivity index (χ0n) is 13.7. The van der Waals surface area contributed by atoms with Gasteiger partial charge in [0.1, 0.15) is 0 Å². The van der Waals surface area contributed by atoms with Gasteiger partial charge >= 0.3 is 6.03 Å². The molecule has 5 nitrogen and oxygen atoms in total. The zero-order valence-corrected chi connectivity index (χ0v) is 13.7. The van der Waals surface area contributed by atoms with Crippen LogP contribution in [0.1, 0.15) is 34.3 Å². The Kier molecular flexibility index (Phi) is 4.51. The van der Waals surface area contributed by atoms with Gasteiger partial charge in [0.15, 0.2) is 0 Å². The molecule has 0 aromatic heterocycles. The molecule has 2 aromatic rings. The molecule has 2 aromatic carbocycles. The Hall–Kier alpha value is -2.82. The summed E-state index contributed by atoms with van der Waals surface area (Å²) in [5, 5.41) is 2.49. The average Bonchev–Trinajstić information content (AvgIpc) is 3.39. The number of amides is 3. The summed E-state index contributed by atoms with van der Waals surface area (Å²) in [7, 11) is 0. The maximum atomic E-state index is 12.8. The lowest BCUT2D eigenvalue weighted by Crippen LogP contribution is -2.32. The minimum absolute atomic E-state index is 0.0173. The lowest BCUT2D eigenvalue weighted by atomic mass is 10.1. The van der Waals surface area contributed by atoms with Crippen LogP contribution in [0.25, 0.3) is 0 Å². The van der Waals surface area contributed by atoms with Crippen molar-refractivity contribution in [3.8, 4) is 0 Å². The smallest absolute Gasteiger partial charge is 0.316 e. The molecular weight excluding hydrogens is 302 g/mol. The van der Waals surface area contributed by atoms with E-state index in [0.29, 0.717) is 23.8 Å². The topological polar surface area (TPSA) is 75.4 Å². The number of carbonyl (C=O) groups is 2. The van der Waals surface area contributed by atoms with E-state index in [1.54, 1.807) is 24.3 Å². The van der Waals surface area contributed by atoms with Crippen molar-refractivity contribution < 1.29 is 9.59 Å². The minimum Gasteiger partial charge on any atom is -0.351 e. The molecule has 0 heterocycles. The number of nitrogens with two attached hydrogens (primary N) is 1. The molecule has 0 saturated heterocycles. The first-order valence-electron chi connectivity index (χ1n) is 8.06. The second-order valence-electron chi connectivity index (χ2n) is 6.22. The Labute approximate surface area is 141 Å². The van der Waals surface area contributed by atoms with Crippen LogP contribution in [-0.2, 0) is 6.54 Å². The number of carbonyl (C=O) groups excluding carboxylic acids is 2. The first kappa shape index (κ1) is 16.1. The zero-order chi connectivity index (χ0) is 17.1. The first-order chi connectivity index (χ1) is 11.5. The fourth-order valence-electron chi connectivity index (χ4n) is 2.65. The van der Waals surface area contributed by atoms with Gasteiger partial charge in [-0.05, 0) is 49.6 Å². The van der Waals surface area contributed by atoms with Crippen LogP contribution < -0.4 is 11.1 Å². The summed E-state index contributed by atoms with van der Waals surface area (Å²) in [6.45, 7) is 2.67. The summed E-state index contributed by atoms with van der Waals surface area (Å²) in [4.78, 5) is 25.6. The Morgan fingerprint density at radius 3 is 2.25 bits per heavy atom. The van der Waals surface area contributed by atoms with Crippen LogP contribution in [0.5, 0.6) is 0 Å². The van der Waals surface area contributed by atoms with E-state index in [-0.39, 0.29) is 5.91 Å². The molecule has 0 atom stereocenters. The maximum Gasteiger partial charge on any atom is 0.316 e. The van der Waals surface area contributed by atoms with Gasteiger partial charge in [-0.25, -0.2) is 4.79 Å². The van der Waals surface area contributed by atoms with Gasteiger partial charge in [0, 0.05) is 23.8 Å². The lowest BCUT2D eigenvalue weighted by molar-refractivity contribution is 0.0730. The van der Waals surface area contributed by atoms with E-state index in [1.165, 1.54) is 5.56 Å². The Morgan fingerprint density at radius 2 is 1.71 bits per heavy atom. The molecule has 0 radical (unpaired) electrons. The minimum atomic E-state index is -0.618. The highest BCUT2D eigenvalue weighted by Gasteiger charge is 2.33. The number of primary amides is 1. The van der Waals surface area contributed by atoms with Crippen molar-refractivity contribution in [3.63, 3.8) is 0 Å². The molecule has 24 heavy (non-hydrogen) atoms. The SMILES string of the molecule is Cc1ccc(CN(C(=O)c2ccc(NC(N)=O)cc2)C2CC2)cc1. The number of hydrogen-bond acceptors (Lipinski definition) is 2. The van der Waals surface area contributed by atoms with E-state index in [0.717, 1.165) is 18.4 Å². The van der Waals surface area contributed by atoms with Gasteiger partial charge in [0.05, 0.1) is 0 Å². The number of benzene rings is 2. The van der Waals surface area contributed by atoms with Crippen molar-refractivity contribution in [2.75, 3.05) is 5.32 Å². The van der Waals surface area contributed by atoms with E-state index >= 15 is 0 Å². The number of rotatable bonds is 5. The molecule has 0 spiro atoms. The van der Waals surface area contributed by atoms with Gasteiger partial charge < -0.3 is 16.0 Å². The van der Waals surface area contributed by atoms with Crippen molar-refractivity contribution in [2.45, 2.75) is 32.4 Å². The van der Waals surface area contributed by atoms with E-state index in [4.69, 9.17) is 5.73 Å². The van der Waals surface area contributed by atoms with E-state index < -0.39 is 6.03 Å². The molecule has 0 bridgehead atoms. The number of aryl methyl sites for hydroxylation is 1. The molecule has 3 N–H and O–H groups in total. The van der Waals surface area contributed by atoms with Crippen molar-refractivity contribution >= 4 is 17.6 Å². The molecule has 3 amide bonds. The Balaban J connectivity index is 1.74. The fraction of sp³-hybridized carbons (Fsp3) is 0.263. The van der Waals surface area contributed by atoms with Crippen molar-refractivity contribution in [1.29, 1.82) is 0 Å². The lowest BCUT2D eigenvalue weighted by Gasteiger charge is -2.23. The molecule has 3 rings (SSSR count). The molecule has 0 aliphatic heterocycles. The highest BCUT2D eigenvalue weighted by atomic mass is 16.2. The van der Waals surface area contributed by atoms with Crippen molar-refractivity contribution in [2.24, 2.45) is 5.73 Å². The second-order valence-corrected chi connectivity index (χ2v) is 6.22. The fourth-order valence-corrected chi connectivity index (χ4v) is 2.65. The number of anilines is 1. The summed E-state index contributed by atoms with van der Waals surface area (Å²) >= 11 is 0. The summed E-state index contributed by atoms with van der Waals surface area (Å²) < 4.78 is 0. The molecule has 5 heteroatoms. The van der Waals surface area contributed by atoms with Crippen LogP contribution in [-0.4, -0.2) is 22.9 Å². The van der Waals surface area contributed by atoms with Crippen LogP contribution in [0, 0.1) is 6.92 Å². The second kappa shape index (κ2) is 6.74. The third-order valence-electron chi connectivity index (χ3n) is 4.12. The molecule has 0 unspecified atom stereocenters. The molecular formula is C19H21N3O2. The normalized spacial score (nSPS) is 13.4. The molecule has 1 aliphatic rings. The summed E-state index contributed by atoms with van der Waals surface area (Å²) in [6, 6.07) is 14.8. The Bertz CT molecular complexity index is 734. The molecule has 1 fully saturated rings. The van der Waals surface area contributed by atoms with E-state index in [2.05, 4.69) is 36.5 Å². The summed E-state index contributed by atoms with van der Waals surface area (Å²) in [6.07, 6.45) is 2.11. The molecule has 124 valence electrons. The summed E-state index contributed by atoms with van der Waals surface area (Å²) in [5.41, 5.74) is 8.63. The van der Waals surface area contributed by atoms with Gasteiger partial charge in [-0.1, -0.05) is 29.8 Å². The molecule has 1 saturated carbocycles. The largest absolute Gasteiger partial charge is 0.351 e. The van der Waals surface area contributed by atoms with Crippen molar-refractivity contribution in [3.05, 3.63) is 65.2 Å². The predicted molar refractivity (Wildman–Crippen MR) is 93.7 cm³/mol. The van der Waals surface area contributed by atoms with Crippen LogP contribution in [0.3, 0.4) is 0 Å². The van der Waals surface area contributed by atoms with Crippen LogP contribution >= 0.6 is 0 Å². The first-order valence-corrected chi connectivity index (χ1v) is 8.06.